The molecule has 0 aromatic rings. The summed E-state index contributed by atoms with van der Waals surface area (Å²) in [5.41, 5.74) is -2.17. The second-order valence-corrected chi connectivity index (χ2v) is 11.3. The second kappa shape index (κ2) is 9.31. The number of hydrogen-bond acceptors (Lipinski definition) is 3. The molecule has 4 aliphatic rings. The molecule has 202 valence electrons. The zero-order valence-electron chi connectivity index (χ0n) is 20.3. The van der Waals surface area contributed by atoms with E-state index < -0.39 is 35.6 Å². The molecule has 0 saturated heterocycles. The Morgan fingerprint density at radius 3 is 2.14 bits per heavy atom. The molecule has 0 amide bonds. The predicted molar refractivity (Wildman–Crippen MR) is 123 cm³/mol. The number of aliphatic hydroxyl groups is 3. The monoisotopic (exact) mass is 520 g/mol. The minimum Gasteiger partial charge on any atom is -0.393 e. The Morgan fingerprint density at radius 1 is 0.972 bits per heavy atom. The molecule has 4 aliphatic carbocycles. The molecule has 0 bridgehead atoms. The number of alkyl halides is 6. The van der Waals surface area contributed by atoms with Crippen molar-refractivity contribution in [1.29, 1.82) is 0 Å². The van der Waals surface area contributed by atoms with Crippen LogP contribution in [0, 0.1) is 16.7 Å². The fourth-order valence-corrected chi connectivity index (χ4v) is 6.71. The summed E-state index contributed by atoms with van der Waals surface area (Å²) < 4.78 is 78.2. The highest BCUT2D eigenvalue weighted by atomic mass is 19.4. The van der Waals surface area contributed by atoms with Crippen molar-refractivity contribution in [1.82, 2.24) is 0 Å². The van der Waals surface area contributed by atoms with E-state index in [1.54, 1.807) is 0 Å². The van der Waals surface area contributed by atoms with Gasteiger partial charge in [0.2, 0.25) is 0 Å². The molecule has 0 aromatic carbocycles. The molecule has 3 saturated carbocycles. The van der Waals surface area contributed by atoms with Gasteiger partial charge in [0.15, 0.2) is 0 Å². The number of rotatable bonds is 5. The highest BCUT2D eigenvalue weighted by Crippen LogP contribution is 2.67. The minimum atomic E-state index is -5.86. The van der Waals surface area contributed by atoms with Gasteiger partial charge in [-0.25, -0.2) is 0 Å². The fourth-order valence-electron chi connectivity index (χ4n) is 6.71. The lowest BCUT2D eigenvalue weighted by molar-refractivity contribution is -0.347. The summed E-state index contributed by atoms with van der Waals surface area (Å²) >= 11 is 0. The van der Waals surface area contributed by atoms with Gasteiger partial charge in [-0.2, -0.15) is 26.3 Å². The Balaban J connectivity index is 1.51. The summed E-state index contributed by atoms with van der Waals surface area (Å²) in [6, 6.07) is 0. The zero-order chi connectivity index (χ0) is 26.6. The molecule has 3 N–H and O–H groups in total. The van der Waals surface area contributed by atoms with Crippen LogP contribution < -0.4 is 0 Å². The third-order valence-electron chi connectivity index (χ3n) is 8.78. The number of halogens is 6. The summed E-state index contributed by atoms with van der Waals surface area (Å²) in [5, 5.41) is 29.3. The standard InChI is InChI=1S/C27H34F6O3/c1-23-9-2-4-18(6-5-17-14-19(34)16-20(35)15-17)21(23)7-8-22(23)24(12-13-24)10-3-11-25(36,26(28,29)30)27(31,32)33/h3,5-6,8,11,19-21,34-36H,2,4,7,9-10,12-16H2,1H3/b11-3-,17-5?,18-6+/t19-,20?,21?,23+/m1/s1. The lowest BCUT2D eigenvalue weighted by Gasteiger charge is -2.43. The van der Waals surface area contributed by atoms with Crippen molar-refractivity contribution in [3.63, 3.8) is 0 Å². The summed E-state index contributed by atoms with van der Waals surface area (Å²) in [5.74, 6) is 0.209. The van der Waals surface area contributed by atoms with E-state index in [1.807, 2.05) is 6.08 Å². The van der Waals surface area contributed by atoms with Crippen LogP contribution in [0.25, 0.3) is 0 Å². The van der Waals surface area contributed by atoms with Crippen LogP contribution in [-0.2, 0) is 0 Å². The number of aliphatic hydroxyl groups excluding tert-OH is 2. The summed E-state index contributed by atoms with van der Waals surface area (Å²) in [4.78, 5) is 0. The van der Waals surface area contributed by atoms with Crippen LogP contribution in [0.2, 0.25) is 0 Å². The van der Waals surface area contributed by atoms with Crippen LogP contribution in [0.4, 0.5) is 26.3 Å². The third kappa shape index (κ3) is 4.95. The molecule has 4 atom stereocenters. The van der Waals surface area contributed by atoms with Gasteiger partial charge in [-0.15, -0.1) is 0 Å². The quantitative estimate of drug-likeness (QED) is 0.288. The van der Waals surface area contributed by atoms with E-state index in [2.05, 4.69) is 19.1 Å². The fraction of sp³-hybridized carbons (Fsp3) is 0.704. The van der Waals surface area contributed by atoms with Crippen LogP contribution in [0.15, 0.2) is 47.1 Å². The minimum absolute atomic E-state index is 0.0223. The molecule has 0 aromatic heterocycles. The van der Waals surface area contributed by atoms with Gasteiger partial charge in [0, 0.05) is 0 Å². The third-order valence-corrected chi connectivity index (χ3v) is 8.78. The normalized spacial score (nSPS) is 35.4. The van der Waals surface area contributed by atoms with Crippen molar-refractivity contribution in [2.75, 3.05) is 0 Å². The Kier molecular flexibility index (Phi) is 7.10. The molecular formula is C27H34F6O3. The van der Waals surface area contributed by atoms with E-state index in [1.165, 1.54) is 5.57 Å². The lowest BCUT2D eigenvalue weighted by atomic mass is 9.61. The Bertz CT molecular complexity index is 943. The largest absolute Gasteiger partial charge is 0.429 e. The number of fused-ring (bicyclic) bond motifs is 1. The van der Waals surface area contributed by atoms with Gasteiger partial charge in [0.05, 0.1) is 12.2 Å². The van der Waals surface area contributed by atoms with E-state index >= 15 is 0 Å². The molecule has 0 radical (unpaired) electrons. The van der Waals surface area contributed by atoms with Crippen LogP contribution >= 0.6 is 0 Å². The van der Waals surface area contributed by atoms with Gasteiger partial charge in [0.25, 0.3) is 5.60 Å². The molecule has 3 fully saturated rings. The van der Waals surface area contributed by atoms with Crippen LogP contribution in [0.1, 0.15) is 71.1 Å². The molecule has 36 heavy (non-hydrogen) atoms. The van der Waals surface area contributed by atoms with Gasteiger partial charge in [0.1, 0.15) is 0 Å². The highest BCUT2D eigenvalue weighted by Gasteiger charge is 2.69. The molecule has 0 heterocycles. The summed E-state index contributed by atoms with van der Waals surface area (Å²) in [6.07, 6.45) is 0.484. The Hall–Kier alpha value is -1.58. The highest BCUT2D eigenvalue weighted by molar-refractivity contribution is 5.40. The first-order chi connectivity index (χ1) is 16.6. The van der Waals surface area contributed by atoms with Crippen molar-refractivity contribution in [3.05, 3.63) is 47.1 Å². The van der Waals surface area contributed by atoms with Crippen molar-refractivity contribution in [3.8, 4) is 0 Å². The first-order valence-electron chi connectivity index (χ1n) is 12.6. The van der Waals surface area contributed by atoms with E-state index in [4.69, 9.17) is 0 Å². The average molecular weight is 521 g/mol. The van der Waals surface area contributed by atoms with E-state index in [0.29, 0.717) is 32.1 Å². The maximum absolute atomic E-state index is 13.0. The van der Waals surface area contributed by atoms with Crippen LogP contribution in [0.3, 0.4) is 0 Å². The molecule has 3 nitrogen and oxygen atoms in total. The van der Waals surface area contributed by atoms with Crippen molar-refractivity contribution < 1.29 is 41.7 Å². The second-order valence-electron chi connectivity index (χ2n) is 11.3. The van der Waals surface area contributed by atoms with Gasteiger partial charge in [-0.05, 0) is 87.0 Å². The zero-order valence-corrected chi connectivity index (χ0v) is 20.3. The maximum Gasteiger partial charge on any atom is 0.429 e. The first kappa shape index (κ1) is 27.5. The molecule has 0 aliphatic heterocycles. The SMILES string of the molecule is C[C@]12CCC/C(=C\C=C3CC(O)C[C@H](O)C3)C1CC=C2C1(C/C=C\C(O)(C(F)(F)F)C(F)(F)F)CC1. The average Bonchev–Trinajstić information content (AvgIpc) is 3.42. The van der Waals surface area contributed by atoms with E-state index in [-0.39, 0.29) is 23.8 Å². The smallest absolute Gasteiger partial charge is 0.393 e. The first-order valence-corrected chi connectivity index (χ1v) is 12.6. The molecule has 2 unspecified atom stereocenters. The van der Waals surface area contributed by atoms with Gasteiger partial charge in [-0.1, -0.05) is 47.9 Å². The Labute approximate surface area is 207 Å². The molecule has 4 rings (SSSR count). The van der Waals surface area contributed by atoms with Crippen molar-refractivity contribution in [2.24, 2.45) is 16.7 Å². The summed E-state index contributed by atoms with van der Waals surface area (Å²) in [6.45, 7) is 2.15. The molecule has 9 heteroatoms. The van der Waals surface area contributed by atoms with E-state index in [0.717, 1.165) is 42.9 Å². The molecule has 0 spiro atoms. The molecular weight excluding hydrogens is 486 g/mol. The van der Waals surface area contributed by atoms with Crippen molar-refractivity contribution >= 4 is 0 Å². The van der Waals surface area contributed by atoms with Crippen LogP contribution in [-0.4, -0.2) is 45.5 Å². The topological polar surface area (TPSA) is 60.7 Å². The number of hydrogen-bond donors (Lipinski definition) is 3. The predicted octanol–water partition coefficient (Wildman–Crippen LogP) is 6.46. The Morgan fingerprint density at radius 2 is 1.58 bits per heavy atom. The van der Waals surface area contributed by atoms with E-state index in [9.17, 15) is 41.7 Å². The van der Waals surface area contributed by atoms with Gasteiger partial charge in [-0.3, -0.25) is 0 Å². The number of allylic oxidation sites excluding steroid dienone is 6. The maximum atomic E-state index is 13.0. The van der Waals surface area contributed by atoms with Crippen LogP contribution in [0.5, 0.6) is 0 Å². The lowest BCUT2D eigenvalue weighted by Crippen LogP contribution is -2.55. The van der Waals surface area contributed by atoms with Gasteiger partial charge >= 0.3 is 12.4 Å². The van der Waals surface area contributed by atoms with Gasteiger partial charge < -0.3 is 15.3 Å². The summed E-state index contributed by atoms with van der Waals surface area (Å²) in [7, 11) is 0. The van der Waals surface area contributed by atoms with Crippen molar-refractivity contribution in [2.45, 2.75) is 101 Å².